The van der Waals surface area contributed by atoms with Gasteiger partial charge in [0.2, 0.25) is 35.4 Å². The molecule has 0 aliphatic carbocycles. The number of rotatable bonds is 23. The molecule has 96 heavy (non-hydrogen) atoms. The zero-order valence-electron chi connectivity index (χ0n) is 63.0. The predicted molar refractivity (Wildman–Crippen MR) is 373 cm³/mol. The van der Waals surface area contributed by atoms with Crippen LogP contribution in [0.1, 0.15) is 234 Å². The molecule has 22 nitrogen and oxygen atoms in total. The van der Waals surface area contributed by atoms with Crippen LogP contribution in [-0.2, 0) is 67.1 Å². The standard InChI is InChI=1S/C66H112N6O15.C8H16O/c1-21-23-25-42(13)61(81)48-36-55(76)59(41(11)12)72(20)65(85)46(30-37(3)4)34-54(75)51(32-39(7)8)69(17)64(84)44(15)67-62(82)43(14)33-53(74)50(31-38(5)6)70(18)66(86)47(40(9)10)35-56(77)60(45(16)87-29-24-26-58(79)80)71(19)57(78)28-27-52(73)49(22-2)68-63(48)83;1-7(2)5-4-6-8(3)9/h21,23,37-51,59-61,81H,22,24-36H2,1-20H3,(H,67,82)(H,68,83)(H,79,80);7H,4-6H2,1-3H3/b23-21+;/t42-,43-,44-,45-,46-,47+,48+,49+,50+,51+,59+,60+,61-;/m1./s1. The van der Waals surface area contributed by atoms with E-state index >= 15 is 0 Å². The number of amides is 6. The van der Waals surface area contributed by atoms with E-state index in [2.05, 4.69) is 24.5 Å². The van der Waals surface area contributed by atoms with Crippen LogP contribution in [0.3, 0.4) is 0 Å². The number of carboxylic acids is 1. The molecule has 0 aromatic carbocycles. The molecule has 4 N–H and O–H groups in total. The van der Waals surface area contributed by atoms with E-state index in [1.165, 1.54) is 63.2 Å². The molecule has 1 fully saturated rings. The van der Waals surface area contributed by atoms with Crippen LogP contribution < -0.4 is 10.6 Å². The third-order valence-electron chi connectivity index (χ3n) is 18.3. The lowest BCUT2D eigenvalue weighted by Crippen LogP contribution is -2.53. The number of carbonyl (C=O) groups is 13. The second-order valence-corrected chi connectivity index (χ2v) is 29.6. The molecule has 13 atom stereocenters. The van der Waals surface area contributed by atoms with Crippen LogP contribution in [0.25, 0.3) is 0 Å². The smallest absolute Gasteiger partial charge is 0.303 e. The molecule has 1 rings (SSSR count). The highest BCUT2D eigenvalue weighted by Gasteiger charge is 2.43. The van der Waals surface area contributed by atoms with Gasteiger partial charge in [0, 0.05) is 104 Å². The number of carboxylic acid groups (broad SMARTS) is 1. The number of likely N-dealkylation sites (N-methyl/N-ethyl adjacent to an activating group) is 4. The van der Waals surface area contributed by atoms with Crippen molar-refractivity contribution < 1.29 is 77.3 Å². The number of aliphatic carboxylic acids is 1. The summed E-state index contributed by atoms with van der Waals surface area (Å²) in [5, 5.41) is 26.7. The first-order valence-electron chi connectivity index (χ1n) is 35.4. The van der Waals surface area contributed by atoms with E-state index in [0.29, 0.717) is 12.2 Å². The molecule has 0 aromatic heterocycles. The Hall–Kier alpha value is -6.03. The topological polar surface area (TPSA) is 309 Å². The number of ether oxygens (including phenoxy) is 1. The van der Waals surface area contributed by atoms with Gasteiger partial charge in [-0.15, -0.1) is 0 Å². The van der Waals surface area contributed by atoms with Crippen molar-refractivity contribution in [2.75, 3.05) is 34.8 Å². The molecule has 22 heteroatoms. The van der Waals surface area contributed by atoms with Crippen molar-refractivity contribution in [1.82, 2.24) is 30.2 Å². The number of allylic oxidation sites excluding steroid dienone is 2. The van der Waals surface area contributed by atoms with Crippen LogP contribution in [-0.4, -0.2) is 189 Å². The lowest BCUT2D eigenvalue weighted by atomic mass is 9.82. The maximum absolute atomic E-state index is 14.9. The Morgan fingerprint density at radius 3 is 1.57 bits per heavy atom. The van der Waals surface area contributed by atoms with Crippen LogP contribution >= 0.6 is 0 Å². The van der Waals surface area contributed by atoms with E-state index in [0.717, 1.165) is 23.7 Å². The fourth-order valence-corrected chi connectivity index (χ4v) is 12.5. The van der Waals surface area contributed by atoms with Crippen LogP contribution in [0.2, 0.25) is 0 Å². The molecular formula is C74H128N6O16. The van der Waals surface area contributed by atoms with Crippen molar-refractivity contribution in [3.63, 3.8) is 0 Å². The maximum atomic E-state index is 14.9. The zero-order chi connectivity index (χ0) is 74.3. The van der Waals surface area contributed by atoms with Gasteiger partial charge in [-0.1, -0.05) is 122 Å². The Balaban J connectivity index is 0.00000927. The number of nitrogens with one attached hydrogen (secondary N) is 2. The summed E-state index contributed by atoms with van der Waals surface area (Å²) in [5.41, 5.74) is 0. The highest BCUT2D eigenvalue weighted by molar-refractivity contribution is 5.99. The second-order valence-electron chi connectivity index (χ2n) is 29.6. The SMILES string of the molecule is C/C=C/C[C@@H](C)[C@@H](O)[C@@H]1CC(=O)[C@H](C(C)C)N(C)C(=O)[C@H](CC(C)C)CC(=O)[C@H](CC(C)C)N(C)C(=O)[C@@H](C)NC(=O)[C@H](C)CC(=O)[C@H](CC(C)C)N(C)C(=O)[C@H](C(C)C)CC(=O)[C@H]([C@@H](C)OCCCC(=O)O)N(C)C(=O)CCC(=O)[C@H](CC)NC1=O.CC(=O)CCCC(C)C. The molecule has 1 aliphatic rings. The highest BCUT2D eigenvalue weighted by atomic mass is 16.5. The quantitative estimate of drug-likeness (QED) is 0.0547. The van der Waals surface area contributed by atoms with Gasteiger partial charge in [0.1, 0.15) is 17.9 Å². The van der Waals surface area contributed by atoms with Gasteiger partial charge in [-0.25, -0.2) is 0 Å². The predicted octanol–water partition coefficient (Wildman–Crippen LogP) is 9.46. The molecule has 0 aromatic rings. The van der Waals surface area contributed by atoms with Crippen molar-refractivity contribution in [2.45, 2.75) is 283 Å². The monoisotopic (exact) mass is 1360 g/mol. The lowest BCUT2D eigenvalue weighted by Gasteiger charge is -2.36. The van der Waals surface area contributed by atoms with Crippen molar-refractivity contribution in [3.05, 3.63) is 12.2 Å². The minimum atomic E-state index is -1.41. The number of carbonyl (C=O) groups excluding carboxylic acids is 12. The first kappa shape index (κ1) is 90.0. The number of Topliss-reactive ketones (excluding diaryl/α,β-unsaturated/α-hetero) is 6. The third-order valence-corrected chi connectivity index (χ3v) is 18.3. The first-order valence-corrected chi connectivity index (χ1v) is 35.4. The molecule has 550 valence electrons. The zero-order valence-corrected chi connectivity index (χ0v) is 63.0. The summed E-state index contributed by atoms with van der Waals surface area (Å²) in [6.45, 7) is 33.9. The van der Waals surface area contributed by atoms with Gasteiger partial charge in [0.05, 0.1) is 42.3 Å². The summed E-state index contributed by atoms with van der Waals surface area (Å²) in [4.78, 5) is 186. The van der Waals surface area contributed by atoms with Crippen molar-refractivity contribution in [3.8, 4) is 0 Å². The normalized spacial score (nSPS) is 25.3. The average Bonchev–Trinajstić information content (AvgIpc) is 0.837. The minimum absolute atomic E-state index is 0.0569. The van der Waals surface area contributed by atoms with Crippen LogP contribution in [0.4, 0.5) is 0 Å². The molecule has 0 bridgehead atoms. The summed E-state index contributed by atoms with van der Waals surface area (Å²) in [7, 11) is 5.77. The summed E-state index contributed by atoms with van der Waals surface area (Å²) in [6, 6.07) is -6.88. The minimum Gasteiger partial charge on any atom is -0.481 e. The molecule has 6 amide bonds. The average molecular weight is 1360 g/mol. The van der Waals surface area contributed by atoms with Gasteiger partial charge in [0.15, 0.2) is 28.9 Å². The molecule has 0 saturated carbocycles. The fourth-order valence-electron chi connectivity index (χ4n) is 12.5. The van der Waals surface area contributed by atoms with Crippen LogP contribution in [0.15, 0.2) is 12.2 Å². The lowest BCUT2D eigenvalue weighted by molar-refractivity contribution is -0.148. The number of ketones is 6. The van der Waals surface area contributed by atoms with Crippen molar-refractivity contribution >= 4 is 76.1 Å². The van der Waals surface area contributed by atoms with Crippen molar-refractivity contribution in [2.24, 2.45) is 65.1 Å². The first-order chi connectivity index (χ1) is 44.5. The number of aliphatic hydroxyl groups excluding tert-OH is 1. The van der Waals surface area contributed by atoms with E-state index < -0.39 is 186 Å². The maximum Gasteiger partial charge on any atom is 0.303 e. The Morgan fingerprint density at radius 1 is 0.573 bits per heavy atom. The van der Waals surface area contributed by atoms with Gasteiger partial charge in [-0.3, -0.25) is 57.5 Å². The number of aliphatic hydroxyl groups is 1. The number of hydrogen-bond acceptors (Lipinski definition) is 15. The molecule has 1 aliphatic heterocycles. The molecule has 1 heterocycles. The summed E-state index contributed by atoms with van der Waals surface area (Å²) >= 11 is 0. The molecule has 0 radical (unpaired) electrons. The molecule has 0 unspecified atom stereocenters. The molecular weight excluding hydrogens is 1230 g/mol. The van der Waals surface area contributed by atoms with Crippen LogP contribution in [0, 0.1) is 65.1 Å². The summed E-state index contributed by atoms with van der Waals surface area (Å²) in [5.74, 6) is -12.5. The van der Waals surface area contributed by atoms with E-state index in [9.17, 15) is 72.5 Å². The van der Waals surface area contributed by atoms with Gasteiger partial charge in [-0.05, 0) is 114 Å². The van der Waals surface area contributed by atoms with Gasteiger partial charge in [-0.2, -0.15) is 0 Å². The molecule has 0 spiro atoms. The van der Waals surface area contributed by atoms with E-state index in [1.807, 2.05) is 47.6 Å². The number of hydrogen-bond donors (Lipinski definition) is 4. The summed E-state index contributed by atoms with van der Waals surface area (Å²) < 4.78 is 5.99. The Bertz CT molecular complexity index is 2580. The van der Waals surface area contributed by atoms with Gasteiger partial charge in [0.25, 0.3) is 0 Å². The third kappa shape index (κ3) is 31.2. The largest absolute Gasteiger partial charge is 0.481 e. The van der Waals surface area contributed by atoms with Gasteiger partial charge < -0.3 is 50.0 Å². The second kappa shape index (κ2) is 44.8. The van der Waals surface area contributed by atoms with Gasteiger partial charge >= 0.3 is 5.97 Å². The number of nitrogens with zero attached hydrogens (tertiary/aromatic N) is 4. The van der Waals surface area contributed by atoms with E-state index in [1.54, 1.807) is 68.4 Å². The summed E-state index contributed by atoms with van der Waals surface area (Å²) in [6.07, 6.45) is 2.69. The Morgan fingerprint density at radius 2 is 1.09 bits per heavy atom. The van der Waals surface area contributed by atoms with Crippen molar-refractivity contribution in [1.29, 1.82) is 0 Å². The highest BCUT2D eigenvalue weighted by Crippen LogP contribution is 2.30. The van der Waals surface area contributed by atoms with E-state index in [-0.39, 0.29) is 75.7 Å². The Kier molecular flexibility index (Phi) is 42.0. The molecule has 1 saturated heterocycles. The van der Waals surface area contributed by atoms with Crippen LogP contribution in [0.5, 0.6) is 0 Å². The fraction of sp³-hybridized carbons (Fsp3) is 0.797. The Labute approximate surface area is 576 Å². The van der Waals surface area contributed by atoms with E-state index in [4.69, 9.17) is 4.74 Å².